The first-order valence-corrected chi connectivity index (χ1v) is 7.19. The summed E-state index contributed by atoms with van der Waals surface area (Å²) in [4.78, 5) is 12.0. The van der Waals surface area contributed by atoms with Gasteiger partial charge in [-0.05, 0) is 35.9 Å². The van der Waals surface area contributed by atoms with Gasteiger partial charge in [0, 0.05) is 21.6 Å². The molecule has 1 N–H and O–H groups in total. The molecule has 0 aliphatic rings. The third kappa shape index (κ3) is 3.95. The minimum atomic E-state index is -0.486. The number of halogens is 4. The number of hydrogen-bond donors (Lipinski definition) is 1. The lowest BCUT2D eigenvalue weighted by molar-refractivity contribution is 0.0951. The Bertz CT molecular complexity index is 643. The van der Waals surface area contributed by atoms with Crippen molar-refractivity contribution in [2.75, 3.05) is 0 Å². The molecule has 0 aliphatic carbocycles. The average molecular weight is 377 g/mol. The topological polar surface area (TPSA) is 29.1 Å². The molecule has 0 saturated heterocycles. The van der Waals surface area contributed by atoms with Crippen LogP contribution in [0.2, 0.25) is 10.0 Å². The van der Waals surface area contributed by atoms with Crippen LogP contribution in [0.15, 0.2) is 40.9 Å². The smallest absolute Gasteiger partial charge is 0.251 e. The standard InChI is InChI=1S/C14H9BrCl2FNO/c15-10-4-9(5-11(16)6-10)14(20)19-7-8-1-2-13(18)12(17)3-8/h1-6H,7H2,(H,19,20). The summed E-state index contributed by atoms with van der Waals surface area (Å²) >= 11 is 14.8. The summed E-state index contributed by atoms with van der Waals surface area (Å²) in [5.74, 6) is -0.755. The van der Waals surface area contributed by atoms with E-state index in [1.807, 2.05) is 0 Å². The molecule has 0 radical (unpaired) electrons. The van der Waals surface area contributed by atoms with E-state index in [1.165, 1.54) is 12.1 Å². The number of benzene rings is 2. The summed E-state index contributed by atoms with van der Waals surface area (Å²) in [6.07, 6.45) is 0. The Hall–Kier alpha value is -1.10. The molecule has 6 heteroatoms. The Kier molecular flexibility index (Phi) is 5.02. The molecule has 0 saturated carbocycles. The first-order valence-electron chi connectivity index (χ1n) is 5.64. The Balaban J connectivity index is 2.06. The second kappa shape index (κ2) is 6.57. The molecule has 2 aromatic rings. The van der Waals surface area contributed by atoms with Crippen LogP contribution in [0.4, 0.5) is 4.39 Å². The lowest BCUT2D eigenvalue weighted by Gasteiger charge is -2.07. The van der Waals surface area contributed by atoms with Crippen molar-refractivity contribution in [1.29, 1.82) is 0 Å². The van der Waals surface area contributed by atoms with E-state index in [4.69, 9.17) is 23.2 Å². The highest BCUT2D eigenvalue weighted by Crippen LogP contribution is 2.20. The van der Waals surface area contributed by atoms with Gasteiger partial charge >= 0.3 is 0 Å². The fraction of sp³-hybridized carbons (Fsp3) is 0.0714. The minimum absolute atomic E-state index is 0.0299. The van der Waals surface area contributed by atoms with Crippen LogP contribution in [0.5, 0.6) is 0 Å². The third-order valence-corrected chi connectivity index (χ3v) is 3.53. The first-order chi connectivity index (χ1) is 9.45. The van der Waals surface area contributed by atoms with E-state index in [-0.39, 0.29) is 17.5 Å². The van der Waals surface area contributed by atoms with Crippen molar-refractivity contribution in [3.8, 4) is 0 Å². The molecule has 0 unspecified atom stereocenters. The zero-order valence-electron chi connectivity index (χ0n) is 10.1. The van der Waals surface area contributed by atoms with Gasteiger partial charge in [0.1, 0.15) is 5.82 Å². The summed E-state index contributed by atoms with van der Waals surface area (Å²) < 4.78 is 13.7. The molecule has 0 atom stereocenters. The molecule has 0 aliphatic heterocycles. The van der Waals surface area contributed by atoms with E-state index in [0.717, 1.165) is 4.47 Å². The molecule has 0 spiro atoms. The van der Waals surface area contributed by atoms with Crippen LogP contribution >= 0.6 is 39.1 Å². The molecule has 0 heterocycles. The van der Waals surface area contributed by atoms with Gasteiger partial charge in [-0.2, -0.15) is 0 Å². The second-order valence-electron chi connectivity index (χ2n) is 4.09. The van der Waals surface area contributed by atoms with Crippen LogP contribution in [0, 0.1) is 5.82 Å². The lowest BCUT2D eigenvalue weighted by Crippen LogP contribution is -2.22. The Morgan fingerprint density at radius 1 is 1.20 bits per heavy atom. The van der Waals surface area contributed by atoms with Crippen LogP contribution in [-0.2, 0) is 6.54 Å². The predicted molar refractivity (Wildman–Crippen MR) is 81.7 cm³/mol. The van der Waals surface area contributed by atoms with Crippen molar-refractivity contribution in [2.45, 2.75) is 6.54 Å². The van der Waals surface area contributed by atoms with Gasteiger partial charge in [-0.15, -0.1) is 0 Å². The van der Waals surface area contributed by atoms with Crippen LogP contribution in [0.3, 0.4) is 0 Å². The molecular formula is C14H9BrCl2FNO. The highest BCUT2D eigenvalue weighted by atomic mass is 79.9. The summed E-state index contributed by atoms with van der Waals surface area (Å²) in [7, 11) is 0. The molecular weight excluding hydrogens is 368 g/mol. The van der Waals surface area contributed by atoms with Gasteiger partial charge in [-0.3, -0.25) is 4.79 Å². The molecule has 104 valence electrons. The fourth-order valence-electron chi connectivity index (χ4n) is 1.62. The van der Waals surface area contributed by atoms with Gasteiger partial charge in [-0.25, -0.2) is 4.39 Å². The maximum Gasteiger partial charge on any atom is 0.251 e. The maximum atomic E-state index is 13.0. The fourth-order valence-corrected chi connectivity index (χ4v) is 2.68. The number of nitrogens with one attached hydrogen (secondary N) is 1. The molecule has 0 fully saturated rings. The maximum absolute atomic E-state index is 13.0. The van der Waals surface area contributed by atoms with Crippen molar-refractivity contribution < 1.29 is 9.18 Å². The third-order valence-electron chi connectivity index (χ3n) is 2.56. The molecule has 2 aromatic carbocycles. The van der Waals surface area contributed by atoms with Crippen molar-refractivity contribution >= 4 is 45.0 Å². The quantitative estimate of drug-likeness (QED) is 0.816. The van der Waals surface area contributed by atoms with E-state index in [1.54, 1.807) is 24.3 Å². The second-order valence-corrected chi connectivity index (χ2v) is 5.85. The van der Waals surface area contributed by atoms with Gasteiger partial charge in [0.25, 0.3) is 5.91 Å². The van der Waals surface area contributed by atoms with Crippen LogP contribution in [0.25, 0.3) is 0 Å². The van der Waals surface area contributed by atoms with Gasteiger partial charge in [0.15, 0.2) is 0 Å². The van der Waals surface area contributed by atoms with Gasteiger partial charge in [-0.1, -0.05) is 45.2 Å². The molecule has 2 nitrogen and oxygen atoms in total. The van der Waals surface area contributed by atoms with Crippen LogP contribution in [0.1, 0.15) is 15.9 Å². The highest BCUT2D eigenvalue weighted by molar-refractivity contribution is 9.10. The Labute approximate surface area is 134 Å². The average Bonchev–Trinajstić information content (AvgIpc) is 2.38. The normalized spacial score (nSPS) is 10.4. The number of hydrogen-bond acceptors (Lipinski definition) is 1. The van der Waals surface area contributed by atoms with Crippen LogP contribution < -0.4 is 5.32 Å². The SMILES string of the molecule is O=C(NCc1ccc(F)c(Cl)c1)c1cc(Cl)cc(Br)c1. The zero-order valence-corrected chi connectivity index (χ0v) is 13.2. The Morgan fingerprint density at radius 3 is 2.60 bits per heavy atom. The first kappa shape index (κ1) is 15.3. The number of rotatable bonds is 3. The van der Waals surface area contributed by atoms with Crippen molar-refractivity contribution in [3.63, 3.8) is 0 Å². The summed E-state index contributed by atoms with van der Waals surface area (Å²) in [6.45, 7) is 0.253. The van der Waals surface area contributed by atoms with Crippen molar-refractivity contribution in [1.82, 2.24) is 5.32 Å². The van der Waals surface area contributed by atoms with E-state index in [9.17, 15) is 9.18 Å². The van der Waals surface area contributed by atoms with Gasteiger partial charge < -0.3 is 5.32 Å². The monoisotopic (exact) mass is 375 g/mol. The minimum Gasteiger partial charge on any atom is -0.348 e. The van der Waals surface area contributed by atoms with Gasteiger partial charge in [0.05, 0.1) is 5.02 Å². The molecule has 0 aromatic heterocycles. The molecule has 1 amide bonds. The summed E-state index contributed by atoms with van der Waals surface area (Å²) in [5.41, 5.74) is 1.16. The molecule has 0 bridgehead atoms. The summed E-state index contributed by atoms with van der Waals surface area (Å²) in [6, 6.07) is 9.23. The van der Waals surface area contributed by atoms with E-state index in [0.29, 0.717) is 16.1 Å². The van der Waals surface area contributed by atoms with Crippen LogP contribution in [-0.4, -0.2) is 5.91 Å². The number of amides is 1. The van der Waals surface area contributed by atoms with E-state index in [2.05, 4.69) is 21.2 Å². The van der Waals surface area contributed by atoms with Crippen molar-refractivity contribution in [3.05, 3.63) is 67.9 Å². The van der Waals surface area contributed by atoms with Crippen molar-refractivity contribution in [2.24, 2.45) is 0 Å². The molecule has 20 heavy (non-hydrogen) atoms. The number of carbonyl (C=O) groups excluding carboxylic acids is 1. The Morgan fingerprint density at radius 2 is 1.95 bits per heavy atom. The highest BCUT2D eigenvalue weighted by Gasteiger charge is 2.08. The summed E-state index contributed by atoms with van der Waals surface area (Å²) in [5, 5.41) is 3.21. The molecule has 2 rings (SSSR count). The lowest BCUT2D eigenvalue weighted by atomic mass is 10.2. The number of carbonyl (C=O) groups is 1. The van der Waals surface area contributed by atoms with E-state index >= 15 is 0 Å². The predicted octanol–water partition coefficient (Wildman–Crippen LogP) is 4.83. The largest absolute Gasteiger partial charge is 0.348 e. The zero-order chi connectivity index (χ0) is 14.7. The van der Waals surface area contributed by atoms with Gasteiger partial charge in [0.2, 0.25) is 0 Å². The van der Waals surface area contributed by atoms with E-state index < -0.39 is 5.82 Å².